The van der Waals surface area contributed by atoms with Crippen LogP contribution in [-0.2, 0) is 4.79 Å². The number of rotatable bonds is 6. The molecule has 2 unspecified atom stereocenters. The van der Waals surface area contributed by atoms with Crippen molar-refractivity contribution in [2.45, 2.75) is 64.5 Å². The van der Waals surface area contributed by atoms with E-state index >= 15 is 0 Å². The van der Waals surface area contributed by atoms with Crippen molar-refractivity contribution in [1.82, 2.24) is 10.2 Å². The number of carbonyl (C=O) groups is 1. The fourth-order valence-electron chi connectivity index (χ4n) is 3.24. The van der Waals surface area contributed by atoms with Gasteiger partial charge in [-0.15, -0.1) is 0 Å². The first-order valence-corrected chi connectivity index (χ1v) is 8.81. The fourth-order valence-corrected chi connectivity index (χ4v) is 3.24. The second-order valence-corrected chi connectivity index (χ2v) is 6.39. The predicted molar refractivity (Wildman–Crippen MR) is 91.7 cm³/mol. The van der Waals surface area contributed by atoms with Gasteiger partial charge in [0.15, 0.2) is 0 Å². The minimum Gasteiger partial charge on any atom is -0.348 e. The number of amides is 1. The minimum absolute atomic E-state index is 0.0267. The van der Waals surface area contributed by atoms with Crippen molar-refractivity contribution in [2.75, 3.05) is 13.1 Å². The summed E-state index contributed by atoms with van der Waals surface area (Å²) in [5.41, 5.74) is 1.21. The molecule has 1 aliphatic heterocycles. The fraction of sp³-hybridized carbons (Fsp3) is 0.632. The molecule has 1 saturated heterocycles. The maximum atomic E-state index is 12.7. The maximum absolute atomic E-state index is 12.7. The number of nitrogens with zero attached hydrogens (tertiary/aromatic N) is 1. The quantitative estimate of drug-likeness (QED) is 0.864. The van der Waals surface area contributed by atoms with E-state index in [0.717, 1.165) is 25.9 Å². The zero-order chi connectivity index (χ0) is 15.8. The first-order chi connectivity index (χ1) is 10.7. The van der Waals surface area contributed by atoms with Gasteiger partial charge in [-0.2, -0.15) is 0 Å². The van der Waals surface area contributed by atoms with Gasteiger partial charge < -0.3 is 5.32 Å². The van der Waals surface area contributed by atoms with Crippen LogP contribution in [0.1, 0.15) is 64.0 Å². The molecule has 1 aromatic carbocycles. The Labute approximate surface area is 135 Å². The lowest BCUT2D eigenvalue weighted by Gasteiger charge is -2.29. The summed E-state index contributed by atoms with van der Waals surface area (Å²) in [4.78, 5) is 15.0. The van der Waals surface area contributed by atoms with Gasteiger partial charge >= 0.3 is 0 Å². The summed E-state index contributed by atoms with van der Waals surface area (Å²) in [6.45, 7) is 6.33. The molecule has 0 bridgehead atoms. The summed E-state index contributed by atoms with van der Waals surface area (Å²) in [7, 11) is 0. The molecule has 2 atom stereocenters. The highest BCUT2D eigenvalue weighted by molar-refractivity contribution is 5.81. The van der Waals surface area contributed by atoms with E-state index in [0.29, 0.717) is 0 Å². The number of nitrogens with one attached hydrogen (secondary N) is 1. The van der Waals surface area contributed by atoms with Crippen LogP contribution in [0.5, 0.6) is 0 Å². The van der Waals surface area contributed by atoms with Crippen LogP contribution >= 0.6 is 0 Å². The SMILES string of the molecule is CCCC(NC(=O)C(C)N1CCCCCC1)c1ccccc1. The standard InChI is InChI=1S/C19H30N2O/c1-3-11-18(17-12-7-6-8-13-17)20-19(22)16(2)21-14-9-4-5-10-15-21/h6-8,12-13,16,18H,3-5,9-11,14-15H2,1-2H3,(H,20,22). The number of hydrogen-bond donors (Lipinski definition) is 1. The summed E-state index contributed by atoms with van der Waals surface area (Å²) >= 11 is 0. The maximum Gasteiger partial charge on any atom is 0.237 e. The van der Waals surface area contributed by atoms with E-state index in [1.807, 2.05) is 18.2 Å². The van der Waals surface area contributed by atoms with Crippen LogP contribution in [0.25, 0.3) is 0 Å². The summed E-state index contributed by atoms with van der Waals surface area (Å²) in [5.74, 6) is 0.171. The molecule has 1 N–H and O–H groups in total. The Morgan fingerprint density at radius 2 is 1.77 bits per heavy atom. The molecule has 1 heterocycles. The van der Waals surface area contributed by atoms with Crippen LogP contribution in [0.3, 0.4) is 0 Å². The second-order valence-electron chi connectivity index (χ2n) is 6.39. The summed E-state index contributed by atoms with van der Waals surface area (Å²) in [5, 5.41) is 3.27. The highest BCUT2D eigenvalue weighted by Crippen LogP contribution is 2.19. The molecule has 0 saturated carbocycles. The molecular weight excluding hydrogens is 272 g/mol. The first kappa shape index (κ1) is 17.0. The Balaban J connectivity index is 1.97. The molecule has 1 aromatic rings. The van der Waals surface area contributed by atoms with E-state index < -0.39 is 0 Å². The lowest BCUT2D eigenvalue weighted by Crippen LogP contribution is -2.46. The average Bonchev–Trinajstić information content (AvgIpc) is 2.83. The zero-order valence-electron chi connectivity index (χ0n) is 14.1. The Hall–Kier alpha value is -1.35. The molecule has 0 radical (unpaired) electrons. The summed E-state index contributed by atoms with van der Waals surface area (Å²) in [6, 6.07) is 10.4. The van der Waals surface area contributed by atoms with Gasteiger partial charge in [-0.05, 0) is 44.8 Å². The van der Waals surface area contributed by atoms with Gasteiger partial charge in [0.2, 0.25) is 5.91 Å². The van der Waals surface area contributed by atoms with Crippen LogP contribution in [0.4, 0.5) is 0 Å². The van der Waals surface area contributed by atoms with Gasteiger partial charge in [0.05, 0.1) is 12.1 Å². The lowest BCUT2D eigenvalue weighted by atomic mass is 10.0. The molecule has 2 rings (SSSR count). The van der Waals surface area contributed by atoms with Crippen LogP contribution < -0.4 is 5.32 Å². The van der Waals surface area contributed by atoms with Crippen molar-refractivity contribution in [3.8, 4) is 0 Å². The normalized spacial score (nSPS) is 19.2. The topological polar surface area (TPSA) is 32.3 Å². The van der Waals surface area contributed by atoms with Crippen molar-refractivity contribution in [3.63, 3.8) is 0 Å². The van der Waals surface area contributed by atoms with E-state index in [4.69, 9.17) is 0 Å². The Morgan fingerprint density at radius 1 is 1.14 bits per heavy atom. The molecule has 22 heavy (non-hydrogen) atoms. The Kier molecular flexibility index (Phi) is 6.91. The minimum atomic E-state index is -0.0267. The Morgan fingerprint density at radius 3 is 2.36 bits per heavy atom. The molecule has 1 amide bonds. The molecular formula is C19H30N2O. The van der Waals surface area contributed by atoms with Gasteiger partial charge in [0, 0.05) is 0 Å². The summed E-state index contributed by atoms with van der Waals surface area (Å²) in [6.07, 6.45) is 7.09. The van der Waals surface area contributed by atoms with E-state index in [2.05, 4.69) is 36.2 Å². The number of benzene rings is 1. The molecule has 122 valence electrons. The third-order valence-electron chi connectivity index (χ3n) is 4.66. The van der Waals surface area contributed by atoms with Crippen LogP contribution in [0, 0.1) is 0 Å². The molecule has 0 aromatic heterocycles. The smallest absolute Gasteiger partial charge is 0.237 e. The second kappa shape index (κ2) is 8.94. The highest BCUT2D eigenvalue weighted by atomic mass is 16.2. The van der Waals surface area contributed by atoms with Gasteiger partial charge in [-0.3, -0.25) is 9.69 Å². The van der Waals surface area contributed by atoms with E-state index in [9.17, 15) is 4.79 Å². The number of hydrogen-bond acceptors (Lipinski definition) is 2. The van der Waals surface area contributed by atoms with Gasteiger partial charge in [0.1, 0.15) is 0 Å². The van der Waals surface area contributed by atoms with Gasteiger partial charge in [-0.1, -0.05) is 56.5 Å². The largest absolute Gasteiger partial charge is 0.348 e. The van der Waals surface area contributed by atoms with Crippen LogP contribution in [0.2, 0.25) is 0 Å². The number of likely N-dealkylation sites (tertiary alicyclic amines) is 1. The number of carbonyl (C=O) groups excluding carboxylic acids is 1. The lowest BCUT2D eigenvalue weighted by molar-refractivity contribution is -0.126. The van der Waals surface area contributed by atoms with Gasteiger partial charge in [-0.25, -0.2) is 0 Å². The third-order valence-corrected chi connectivity index (χ3v) is 4.66. The van der Waals surface area contributed by atoms with Crippen molar-refractivity contribution in [2.24, 2.45) is 0 Å². The molecule has 1 fully saturated rings. The van der Waals surface area contributed by atoms with Gasteiger partial charge in [0.25, 0.3) is 0 Å². The Bertz CT molecular complexity index is 438. The molecule has 3 nitrogen and oxygen atoms in total. The average molecular weight is 302 g/mol. The zero-order valence-corrected chi connectivity index (χ0v) is 14.1. The molecule has 0 spiro atoms. The van der Waals surface area contributed by atoms with Crippen molar-refractivity contribution >= 4 is 5.91 Å². The van der Waals surface area contributed by atoms with E-state index in [1.54, 1.807) is 0 Å². The van der Waals surface area contributed by atoms with E-state index in [1.165, 1.54) is 31.2 Å². The first-order valence-electron chi connectivity index (χ1n) is 8.81. The van der Waals surface area contributed by atoms with Crippen LogP contribution in [0.15, 0.2) is 30.3 Å². The molecule has 1 aliphatic rings. The predicted octanol–water partition coefficient (Wildman–Crippen LogP) is 3.91. The van der Waals surface area contributed by atoms with E-state index in [-0.39, 0.29) is 18.0 Å². The van der Waals surface area contributed by atoms with Crippen molar-refractivity contribution < 1.29 is 4.79 Å². The molecule has 3 heteroatoms. The molecule has 0 aliphatic carbocycles. The van der Waals surface area contributed by atoms with Crippen LogP contribution in [-0.4, -0.2) is 29.9 Å². The monoisotopic (exact) mass is 302 g/mol. The highest BCUT2D eigenvalue weighted by Gasteiger charge is 2.24. The van der Waals surface area contributed by atoms with Crippen molar-refractivity contribution in [1.29, 1.82) is 0 Å². The summed E-state index contributed by atoms with van der Waals surface area (Å²) < 4.78 is 0. The van der Waals surface area contributed by atoms with Crippen molar-refractivity contribution in [3.05, 3.63) is 35.9 Å². The third kappa shape index (κ3) is 4.84.